The van der Waals surface area contributed by atoms with Crippen LogP contribution in [0.2, 0.25) is 5.02 Å². The van der Waals surface area contributed by atoms with E-state index in [1.165, 1.54) is 6.20 Å². The molecule has 3 aromatic rings. The van der Waals surface area contributed by atoms with Crippen LogP contribution < -0.4 is 21.7 Å². The summed E-state index contributed by atoms with van der Waals surface area (Å²) in [7, 11) is 1.63. The molecule has 35 heavy (non-hydrogen) atoms. The van der Waals surface area contributed by atoms with Crippen molar-refractivity contribution in [2.75, 3.05) is 18.9 Å². The summed E-state index contributed by atoms with van der Waals surface area (Å²) in [5, 5.41) is 9.55. The Morgan fingerprint density at radius 2 is 2.17 bits per heavy atom. The third kappa shape index (κ3) is 5.33. The number of amides is 1. The van der Waals surface area contributed by atoms with E-state index >= 15 is 0 Å². The number of allylic oxidation sites excluding steroid dienone is 1. The number of nitrogens with two attached hydrogens (primary N) is 1. The van der Waals surface area contributed by atoms with Gasteiger partial charge in [0, 0.05) is 54.1 Å². The minimum absolute atomic E-state index is 0.211. The van der Waals surface area contributed by atoms with Crippen molar-refractivity contribution >= 4 is 46.9 Å². The number of aliphatic imine (C=N–C) groups is 2. The summed E-state index contributed by atoms with van der Waals surface area (Å²) >= 11 is 6.59. The normalized spacial score (nSPS) is 16.4. The highest BCUT2D eigenvalue weighted by Gasteiger charge is 2.31. The van der Waals surface area contributed by atoms with Gasteiger partial charge in [-0.05, 0) is 37.6 Å². The summed E-state index contributed by atoms with van der Waals surface area (Å²) < 4.78 is 5.70. The molecule has 4 rings (SSSR count). The monoisotopic (exact) mass is 492 g/mol. The number of guanidine groups is 1. The average Bonchev–Trinajstić information content (AvgIpc) is 3.23. The number of rotatable bonds is 6. The van der Waals surface area contributed by atoms with Crippen LogP contribution >= 0.6 is 11.6 Å². The highest BCUT2D eigenvalue weighted by molar-refractivity contribution is 6.31. The molecule has 0 radical (unpaired) electrons. The van der Waals surface area contributed by atoms with Crippen LogP contribution in [0.5, 0.6) is 0 Å². The fourth-order valence-corrected chi connectivity index (χ4v) is 3.97. The maximum absolute atomic E-state index is 13.3. The molecule has 0 bridgehead atoms. The van der Waals surface area contributed by atoms with Crippen molar-refractivity contribution < 1.29 is 9.21 Å². The number of oxazole rings is 1. The second-order valence-corrected chi connectivity index (χ2v) is 8.26. The van der Waals surface area contributed by atoms with E-state index in [9.17, 15) is 4.79 Å². The fourth-order valence-electron chi connectivity index (χ4n) is 3.63. The summed E-state index contributed by atoms with van der Waals surface area (Å²) in [6, 6.07) is 8.70. The van der Waals surface area contributed by atoms with Crippen molar-refractivity contribution in [2.24, 2.45) is 15.7 Å². The average molecular weight is 493 g/mol. The van der Waals surface area contributed by atoms with Crippen LogP contribution in [0.25, 0.3) is 11.2 Å². The van der Waals surface area contributed by atoms with Gasteiger partial charge in [-0.1, -0.05) is 23.7 Å². The molecule has 1 unspecified atom stereocenters. The lowest BCUT2D eigenvalue weighted by atomic mass is 9.95. The Kier molecular flexibility index (Phi) is 7.11. The fraction of sp³-hybridized carbons (Fsp3) is 0.208. The molecule has 0 spiro atoms. The number of anilines is 1. The minimum atomic E-state index is -0.681. The Morgan fingerprint density at radius 3 is 2.89 bits per heavy atom. The topological polar surface area (TPSA) is 143 Å². The number of hydrogen-bond acceptors (Lipinski definition) is 9. The maximum Gasteiger partial charge on any atom is 0.304 e. The molecular formula is C24H25ClN8O2. The second-order valence-electron chi connectivity index (χ2n) is 7.85. The molecule has 1 aromatic carbocycles. The first-order chi connectivity index (χ1) is 16.9. The number of hydrogen-bond donors (Lipinski definition) is 4. The van der Waals surface area contributed by atoms with Gasteiger partial charge in [0.25, 0.3) is 5.91 Å². The number of aromatic nitrogens is 2. The van der Waals surface area contributed by atoms with Gasteiger partial charge in [-0.3, -0.25) is 15.1 Å². The number of benzene rings is 1. The van der Waals surface area contributed by atoms with E-state index in [0.29, 0.717) is 44.6 Å². The Balaban J connectivity index is 1.67. The van der Waals surface area contributed by atoms with E-state index < -0.39 is 6.04 Å². The lowest BCUT2D eigenvalue weighted by Gasteiger charge is -2.27. The van der Waals surface area contributed by atoms with Crippen molar-refractivity contribution in [1.82, 2.24) is 20.6 Å². The van der Waals surface area contributed by atoms with Crippen molar-refractivity contribution in [1.29, 1.82) is 0 Å². The van der Waals surface area contributed by atoms with E-state index in [1.807, 2.05) is 25.1 Å². The molecule has 0 fully saturated rings. The molecule has 1 amide bonds. The largest absolute Gasteiger partial charge is 0.421 e. The molecule has 0 saturated carbocycles. The van der Waals surface area contributed by atoms with Crippen LogP contribution in [0.15, 0.2) is 74.0 Å². The number of carbonyl (C=O) groups is 1. The van der Waals surface area contributed by atoms with Crippen LogP contribution in [0.3, 0.4) is 0 Å². The smallest absolute Gasteiger partial charge is 0.304 e. The molecule has 1 aliphatic heterocycles. The molecule has 3 heterocycles. The highest BCUT2D eigenvalue weighted by Crippen LogP contribution is 2.35. The Labute approximate surface area is 207 Å². The molecule has 2 aromatic heterocycles. The van der Waals surface area contributed by atoms with Crippen LogP contribution in [-0.2, 0) is 4.79 Å². The minimum Gasteiger partial charge on any atom is -0.421 e. The highest BCUT2D eigenvalue weighted by atomic mass is 35.5. The van der Waals surface area contributed by atoms with Gasteiger partial charge in [0.15, 0.2) is 5.58 Å². The lowest BCUT2D eigenvalue weighted by molar-refractivity contribution is -0.117. The second kappa shape index (κ2) is 10.4. The first-order valence-corrected chi connectivity index (χ1v) is 11.2. The van der Waals surface area contributed by atoms with Crippen molar-refractivity contribution in [3.63, 3.8) is 0 Å². The van der Waals surface area contributed by atoms with Crippen LogP contribution in [0, 0.1) is 6.92 Å². The van der Waals surface area contributed by atoms with Gasteiger partial charge in [0.1, 0.15) is 6.04 Å². The quantitative estimate of drug-likeness (QED) is 0.387. The molecule has 5 N–H and O–H groups in total. The molecule has 1 atom stereocenters. The maximum atomic E-state index is 13.3. The Bertz CT molecular complexity index is 1360. The number of pyridine rings is 1. The summed E-state index contributed by atoms with van der Waals surface area (Å²) in [6.07, 6.45) is 4.62. The zero-order chi connectivity index (χ0) is 24.9. The molecule has 180 valence electrons. The first kappa shape index (κ1) is 24.0. The van der Waals surface area contributed by atoms with E-state index in [1.54, 1.807) is 38.5 Å². The van der Waals surface area contributed by atoms with Crippen molar-refractivity contribution in [3.8, 4) is 0 Å². The zero-order valence-electron chi connectivity index (χ0n) is 19.5. The van der Waals surface area contributed by atoms with Gasteiger partial charge < -0.3 is 20.8 Å². The molecule has 11 heteroatoms. The number of aryl methyl sites for hydroxylation is 1. The molecule has 0 saturated heterocycles. The number of nitrogens with one attached hydrogen (secondary N) is 3. The van der Waals surface area contributed by atoms with Crippen LogP contribution in [0.1, 0.15) is 24.1 Å². The third-order valence-electron chi connectivity index (χ3n) is 5.29. The van der Waals surface area contributed by atoms with Crippen LogP contribution in [0.4, 0.5) is 6.01 Å². The summed E-state index contributed by atoms with van der Waals surface area (Å²) in [5.74, 6) is 0.0438. The first-order valence-electron chi connectivity index (χ1n) is 10.8. The van der Waals surface area contributed by atoms with Gasteiger partial charge in [0.05, 0.1) is 5.57 Å². The van der Waals surface area contributed by atoms with E-state index in [2.05, 4.69) is 30.9 Å². The number of fused-ring (bicyclic) bond motifs is 1. The van der Waals surface area contributed by atoms with Gasteiger partial charge >= 0.3 is 6.01 Å². The van der Waals surface area contributed by atoms with Gasteiger partial charge in [0.2, 0.25) is 11.6 Å². The van der Waals surface area contributed by atoms with Gasteiger partial charge in [-0.25, -0.2) is 9.98 Å². The lowest BCUT2D eigenvalue weighted by Crippen LogP contribution is -2.39. The molecular weight excluding hydrogens is 468 g/mol. The summed E-state index contributed by atoms with van der Waals surface area (Å²) in [4.78, 5) is 30.5. The van der Waals surface area contributed by atoms with Crippen LogP contribution in [-0.4, -0.2) is 41.6 Å². The summed E-state index contributed by atoms with van der Waals surface area (Å²) in [6.45, 7) is 3.95. The Hall–Kier alpha value is -4.18. The number of nitrogens with zero attached hydrogens (tertiary/aromatic N) is 4. The predicted molar refractivity (Wildman–Crippen MR) is 137 cm³/mol. The number of carbonyl (C=O) groups excluding carboxylic acids is 1. The van der Waals surface area contributed by atoms with E-state index in [-0.39, 0.29) is 18.5 Å². The summed E-state index contributed by atoms with van der Waals surface area (Å²) in [5.41, 5.74) is 10.0. The van der Waals surface area contributed by atoms with Gasteiger partial charge in [-0.15, -0.1) is 0 Å². The van der Waals surface area contributed by atoms with Crippen molar-refractivity contribution in [3.05, 3.63) is 75.7 Å². The van der Waals surface area contributed by atoms with E-state index in [0.717, 1.165) is 5.56 Å². The third-order valence-corrected chi connectivity index (χ3v) is 5.62. The molecule has 10 nitrogen and oxygen atoms in total. The SMILES string of the molecule is CN=CC(=CN)CNC(=O)C1=C(C)NC(Nc2nc3ncccc3o2)=NC1c1ccc(C)cc1Cl. The molecule has 0 aliphatic carbocycles. The van der Waals surface area contributed by atoms with E-state index in [4.69, 9.17) is 26.7 Å². The van der Waals surface area contributed by atoms with Crippen molar-refractivity contribution in [2.45, 2.75) is 19.9 Å². The van der Waals surface area contributed by atoms with Gasteiger partial charge in [-0.2, -0.15) is 4.98 Å². The molecule has 1 aliphatic rings. The Morgan fingerprint density at radius 1 is 1.34 bits per heavy atom. The number of halogens is 1. The predicted octanol–water partition coefficient (Wildman–Crippen LogP) is 3.23. The zero-order valence-corrected chi connectivity index (χ0v) is 20.2. The standard InChI is InChI=1S/C24H25ClN8O2/c1-13-6-7-16(17(25)9-13)20-19(22(34)29-12-15(10-26)11-27-3)14(2)30-23(31-20)33-24-32-21-18(35-24)5-4-8-28-21/h4-11,20H,12,26H2,1-3H3,(H,29,34)(H2,28,30,31,32,33).